The molecule has 4 heterocycles. The second kappa shape index (κ2) is 13.6. The summed E-state index contributed by atoms with van der Waals surface area (Å²) in [5.41, 5.74) is 14.4. The molecule has 0 radical (unpaired) electrons. The van der Waals surface area contributed by atoms with Gasteiger partial charge in [0.25, 0.3) is 0 Å². The minimum absolute atomic E-state index is 0.0261. The van der Waals surface area contributed by atoms with Gasteiger partial charge in [0.15, 0.2) is 5.84 Å². The number of aliphatic imine (C=N–C) groups is 2. The molecule has 9 aromatic rings. The second-order valence-corrected chi connectivity index (χ2v) is 16.4. The molecule has 12 rings (SSSR count). The molecule has 4 nitrogen and oxygen atoms in total. The molecule has 0 saturated carbocycles. The van der Waals surface area contributed by atoms with Gasteiger partial charge in [0.2, 0.25) is 0 Å². The fraction of sp³-hybridized carbons (Fsp3) is 0.107. The van der Waals surface area contributed by atoms with E-state index in [4.69, 9.17) is 14.7 Å². The molecule has 286 valence electrons. The van der Waals surface area contributed by atoms with Crippen molar-refractivity contribution >= 4 is 33.4 Å². The van der Waals surface area contributed by atoms with Crippen molar-refractivity contribution in [2.75, 3.05) is 0 Å². The van der Waals surface area contributed by atoms with Gasteiger partial charge in [0, 0.05) is 33.0 Å². The highest BCUT2D eigenvalue weighted by molar-refractivity contribution is 6.14. The second-order valence-electron chi connectivity index (χ2n) is 16.4. The van der Waals surface area contributed by atoms with E-state index in [0.29, 0.717) is 5.92 Å². The summed E-state index contributed by atoms with van der Waals surface area (Å²) in [6, 6.07) is 70.0. The van der Waals surface area contributed by atoms with Gasteiger partial charge in [0.1, 0.15) is 11.5 Å². The molecule has 0 saturated heterocycles. The van der Waals surface area contributed by atoms with Gasteiger partial charge in [-0.05, 0) is 70.8 Å². The van der Waals surface area contributed by atoms with E-state index in [1.54, 1.807) is 0 Å². The van der Waals surface area contributed by atoms with Gasteiger partial charge >= 0.3 is 0 Å². The van der Waals surface area contributed by atoms with E-state index in [9.17, 15) is 0 Å². The van der Waals surface area contributed by atoms with E-state index in [1.807, 2.05) is 0 Å². The zero-order valence-electron chi connectivity index (χ0n) is 33.3. The summed E-state index contributed by atoms with van der Waals surface area (Å²) in [4.78, 5) is 10.8. The van der Waals surface area contributed by atoms with Crippen LogP contribution in [-0.4, -0.2) is 16.1 Å². The number of nitrogens with zero attached hydrogens (tertiary/aromatic N) is 3. The highest BCUT2D eigenvalue weighted by atomic mass is 16.5. The number of ether oxygens (including phenoxy) is 1. The van der Waals surface area contributed by atoms with Crippen LogP contribution >= 0.6 is 0 Å². The minimum Gasteiger partial charge on any atom is -0.456 e. The molecule has 3 unspecified atom stereocenters. The van der Waals surface area contributed by atoms with Crippen molar-refractivity contribution < 1.29 is 4.74 Å². The van der Waals surface area contributed by atoms with Crippen LogP contribution in [0, 0.1) is 5.92 Å². The molecule has 4 heteroatoms. The normalized spacial score (nSPS) is 19.0. The zero-order valence-corrected chi connectivity index (χ0v) is 33.3. The Morgan fingerprint density at radius 1 is 0.567 bits per heavy atom. The molecule has 8 aromatic carbocycles. The third-order valence-corrected chi connectivity index (χ3v) is 13.1. The van der Waals surface area contributed by atoms with Crippen LogP contribution in [0.25, 0.3) is 38.6 Å². The van der Waals surface area contributed by atoms with Crippen molar-refractivity contribution in [3.05, 3.63) is 233 Å². The molecular formula is C56H41N3O. The Kier molecular flexibility index (Phi) is 7.89. The van der Waals surface area contributed by atoms with Crippen LogP contribution in [0.4, 0.5) is 0 Å². The summed E-state index contributed by atoms with van der Waals surface area (Å²) < 4.78 is 9.64. The summed E-state index contributed by atoms with van der Waals surface area (Å²) in [6.45, 7) is 2.33. The number of rotatable bonds is 4. The number of benzene rings is 8. The number of para-hydroxylation sites is 5. The maximum atomic E-state index is 7.16. The van der Waals surface area contributed by atoms with E-state index in [-0.39, 0.29) is 6.04 Å². The first-order valence-electron chi connectivity index (χ1n) is 21.1. The monoisotopic (exact) mass is 771 g/mol. The van der Waals surface area contributed by atoms with Gasteiger partial charge in [-0.2, -0.15) is 0 Å². The van der Waals surface area contributed by atoms with Crippen LogP contribution in [0.3, 0.4) is 0 Å². The first kappa shape index (κ1) is 34.7. The van der Waals surface area contributed by atoms with Crippen molar-refractivity contribution in [2.24, 2.45) is 15.9 Å². The number of hydrogen-bond donors (Lipinski definition) is 0. The van der Waals surface area contributed by atoms with Crippen molar-refractivity contribution in [2.45, 2.75) is 31.2 Å². The van der Waals surface area contributed by atoms with E-state index in [2.05, 4.69) is 206 Å². The predicted octanol–water partition coefficient (Wildman–Crippen LogP) is 13.7. The fourth-order valence-electron chi connectivity index (χ4n) is 10.4. The summed E-state index contributed by atoms with van der Waals surface area (Å²) in [6.07, 6.45) is 1.81. The number of amidine groups is 1. The van der Waals surface area contributed by atoms with E-state index in [1.165, 1.54) is 44.2 Å². The maximum Gasteiger partial charge on any atom is 0.155 e. The quantitative estimate of drug-likeness (QED) is 0.176. The van der Waals surface area contributed by atoms with Gasteiger partial charge in [-0.15, -0.1) is 0 Å². The molecule has 1 spiro atoms. The largest absolute Gasteiger partial charge is 0.456 e. The fourth-order valence-corrected chi connectivity index (χ4v) is 10.4. The van der Waals surface area contributed by atoms with E-state index in [0.717, 1.165) is 69.3 Å². The number of aromatic nitrogens is 1. The summed E-state index contributed by atoms with van der Waals surface area (Å²) in [7, 11) is 0. The Labute approximate surface area is 349 Å². The van der Waals surface area contributed by atoms with Crippen LogP contribution in [0.15, 0.2) is 204 Å². The Morgan fingerprint density at radius 2 is 1.22 bits per heavy atom. The third kappa shape index (κ3) is 5.10. The lowest BCUT2D eigenvalue weighted by Crippen LogP contribution is -2.37. The number of fused-ring (bicyclic) bond motifs is 11. The molecule has 0 aliphatic carbocycles. The first-order valence-corrected chi connectivity index (χ1v) is 21.1. The average Bonchev–Trinajstić information content (AvgIpc) is 3.65. The highest BCUT2D eigenvalue weighted by Gasteiger charge is 2.50. The van der Waals surface area contributed by atoms with Crippen LogP contribution in [0.1, 0.15) is 64.8 Å². The van der Waals surface area contributed by atoms with E-state index < -0.39 is 5.41 Å². The molecule has 0 fully saturated rings. The summed E-state index contributed by atoms with van der Waals surface area (Å²) in [5, 5.41) is 2.52. The van der Waals surface area contributed by atoms with Crippen molar-refractivity contribution in [1.29, 1.82) is 0 Å². The first-order chi connectivity index (χ1) is 29.7. The standard InChI is InChI=1S/C56H41N3O/c1-36-33-34-48(57-55(38-19-6-3-7-20-38)58-52(36)37-17-4-2-5-18-37)40-22-14-21-39(35-40)41-24-15-29-47-54(41)60-51-32-13-10-27-45(51)56(47)44-26-9-12-31-50(44)59-49-30-11-8-23-42(49)43-25-16-28-46(56)53(43)59/h2-32,35-36,52H,33-34H2,1H3. The molecule has 0 N–H and O–H groups in total. The van der Waals surface area contributed by atoms with E-state index >= 15 is 0 Å². The molecular weight excluding hydrogens is 731 g/mol. The molecule has 0 bridgehead atoms. The topological polar surface area (TPSA) is 38.9 Å². The lowest BCUT2D eigenvalue weighted by atomic mass is 9.61. The Hall–Kier alpha value is -7.30. The third-order valence-electron chi connectivity index (χ3n) is 13.1. The lowest BCUT2D eigenvalue weighted by Gasteiger charge is -2.45. The van der Waals surface area contributed by atoms with Crippen molar-refractivity contribution in [3.8, 4) is 28.3 Å². The molecule has 3 aliphatic rings. The average molecular weight is 772 g/mol. The molecule has 3 aliphatic heterocycles. The molecule has 3 atom stereocenters. The van der Waals surface area contributed by atoms with Gasteiger partial charge in [-0.1, -0.05) is 177 Å². The summed E-state index contributed by atoms with van der Waals surface area (Å²) in [5.74, 6) is 2.86. The maximum absolute atomic E-state index is 7.16. The van der Waals surface area contributed by atoms with Crippen molar-refractivity contribution in [3.63, 3.8) is 0 Å². The van der Waals surface area contributed by atoms with Crippen LogP contribution in [0.5, 0.6) is 11.5 Å². The van der Waals surface area contributed by atoms with Gasteiger partial charge in [-0.25, -0.2) is 4.99 Å². The van der Waals surface area contributed by atoms with Crippen LogP contribution < -0.4 is 4.74 Å². The van der Waals surface area contributed by atoms with Crippen molar-refractivity contribution in [1.82, 2.24) is 4.57 Å². The van der Waals surface area contributed by atoms with Crippen LogP contribution in [0.2, 0.25) is 0 Å². The Morgan fingerprint density at radius 3 is 2.10 bits per heavy atom. The molecule has 0 amide bonds. The smallest absolute Gasteiger partial charge is 0.155 e. The Bertz CT molecular complexity index is 3210. The van der Waals surface area contributed by atoms with Gasteiger partial charge < -0.3 is 9.30 Å². The zero-order chi connectivity index (χ0) is 39.8. The highest BCUT2D eigenvalue weighted by Crippen LogP contribution is 2.61. The molecule has 1 aromatic heterocycles. The Balaban J connectivity index is 1.06. The molecule has 60 heavy (non-hydrogen) atoms. The van der Waals surface area contributed by atoms with Crippen LogP contribution in [-0.2, 0) is 5.41 Å². The number of hydrogen-bond acceptors (Lipinski definition) is 3. The minimum atomic E-state index is -0.631. The van der Waals surface area contributed by atoms with Gasteiger partial charge in [0.05, 0.1) is 33.9 Å². The SMILES string of the molecule is CC1CCC(c2cccc(-c3cccc4c3Oc3ccccc3C43c4ccccc4-n4c5ccccc5c5cccc3c54)c2)=NC(c2ccccc2)=NC1c1ccccc1. The van der Waals surface area contributed by atoms with Gasteiger partial charge in [-0.3, -0.25) is 4.99 Å². The summed E-state index contributed by atoms with van der Waals surface area (Å²) >= 11 is 0. The lowest BCUT2D eigenvalue weighted by molar-refractivity contribution is 0.435. The predicted molar refractivity (Wildman–Crippen MR) is 245 cm³/mol.